The molecule has 6 heteroatoms. The van der Waals surface area contributed by atoms with E-state index in [2.05, 4.69) is 9.97 Å². The minimum absolute atomic E-state index is 0.000589. The first-order valence-corrected chi connectivity index (χ1v) is 5.40. The summed E-state index contributed by atoms with van der Waals surface area (Å²) in [6, 6.07) is 1.47. The normalized spacial score (nSPS) is 20.9. The Morgan fingerprint density at radius 1 is 1.35 bits per heavy atom. The van der Waals surface area contributed by atoms with Crippen LogP contribution in [-0.2, 0) is 4.79 Å². The molecule has 3 rings (SSSR count). The van der Waals surface area contributed by atoms with E-state index in [1.54, 1.807) is 0 Å². The molecule has 17 heavy (non-hydrogen) atoms. The molecule has 1 saturated carbocycles. The molecule has 1 aliphatic heterocycles. The van der Waals surface area contributed by atoms with Crippen molar-refractivity contribution in [2.45, 2.75) is 12.8 Å². The highest BCUT2D eigenvalue weighted by atomic mass is 16.4. The van der Waals surface area contributed by atoms with Gasteiger partial charge < -0.3 is 10.0 Å². The summed E-state index contributed by atoms with van der Waals surface area (Å²) < 4.78 is 0. The van der Waals surface area contributed by atoms with Crippen LogP contribution >= 0.6 is 0 Å². The van der Waals surface area contributed by atoms with Crippen LogP contribution in [0, 0.1) is 5.41 Å². The summed E-state index contributed by atoms with van der Waals surface area (Å²) in [5, 5.41) is 8.82. The van der Waals surface area contributed by atoms with E-state index in [-0.39, 0.29) is 11.1 Å². The van der Waals surface area contributed by atoms with Crippen LogP contribution in [0.3, 0.4) is 0 Å². The van der Waals surface area contributed by atoms with Crippen molar-refractivity contribution < 1.29 is 14.7 Å². The van der Waals surface area contributed by atoms with Gasteiger partial charge in [-0.2, -0.15) is 0 Å². The maximum absolute atomic E-state index is 11.0. The molecular weight excluding hydrogens is 222 g/mol. The molecule has 0 bridgehead atoms. The maximum Gasteiger partial charge on any atom is 0.354 e. The second kappa shape index (κ2) is 3.26. The number of anilines is 1. The lowest BCUT2D eigenvalue weighted by atomic mass is 9.63. The third-order valence-electron chi connectivity index (χ3n) is 3.39. The van der Waals surface area contributed by atoms with Gasteiger partial charge in [0.2, 0.25) is 0 Å². The fourth-order valence-electron chi connectivity index (χ4n) is 2.57. The number of carboxylic acids is 1. The number of nitrogens with zero attached hydrogens (tertiary/aromatic N) is 3. The molecule has 0 atom stereocenters. The number of carbonyl (C=O) groups excluding carboxylic acids is 1. The van der Waals surface area contributed by atoms with E-state index in [9.17, 15) is 9.59 Å². The van der Waals surface area contributed by atoms with Crippen LogP contribution in [0.5, 0.6) is 0 Å². The van der Waals surface area contributed by atoms with Crippen LogP contribution in [0.4, 0.5) is 5.82 Å². The molecule has 0 radical (unpaired) electrons. The van der Waals surface area contributed by atoms with E-state index in [1.165, 1.54) is 12.4 Å². The predicted molar refractivity (Wildman–Crippen MR) is 57.9 cm³/mol. The average Bonchev–Trinajstić information content (AvgIpc) is 2.21. The highest BCUT2D eigenvalue weighted by Crippen LogP contribution is 2.46. The summed E-state index contributed by atoms with van der Waals surface area (Å²) in [6.45, 7) is 1.57. The van der Waals surface area contributed by atoms with Gasteiger partial charge >= 0.3 is 5.97 Å². The van der Waals surface area contributed by atoms with Crippen LogP contribution in [0.2, 0.25) is 0 Å². The number of hydrogen-bond acceptors (Lipinski definition) is 5. The number of aromatic carboxylic acids is 1. The van der Waals surface area contributed by atoms with Gasteiger partial charge in [0.15, 0.2) is 5.69 Å². The molecule has 2 fully saturated rings. The Balaban J connectivity index is 1.72. The van der Waals surface area contributed by atoms with Crippen molar-refractivity contribution in [3.05, 3.63) is 18.1 Å². The van der Waals surface area contributed by atoms with Gasteiger partial charge in [0.05, 0.1) is 0 Å². The Labute approximate surface area is 97.3 Å². The topological polar surface area (TPSA) is 83.4 Å². The lowest BCUT2D eigenvalue weighted by Gasteiger charge is -2.55. The van der Waals surface area contributed by atoms with Crippen molar-refractivity contribution in [3.63, 3.8) is 0 Å². The molecule has 1 aromatic heterocycles. The fraction of sp³-hybridized carbons (Fsp3) is 0.455. The molecular formula is C11H11N3O3. The summed E-state index contributed by atoms with van der Waals surface area (Å²) in [5.41, 5.74) is 0.145. The molecule has 1 saturated heterocycles. The van der Waals surface area contributed by atoms with Crippen LogP contribution in [0.25, 0.3) is 0 Å². The number of ketones is 1. The maximum atomic E-state index is 11.0. The lowest BCUT2D eigenvalue weighted by molar-refractivity contribution is -0.134. The largest absolute Gasteiger partial charge is 0.477 e. The first kappa shape index (κ1) is 10.2. The van der Waals surface area contributed by atoms with Crippen LogP contribution < -0.4 is 4.90 Å². The highest BCUT2D eigenvalue weighted by molar-refractivity contribution is 5.88. The third-order valence-corrected chi connectivity index (χ3v) is 3.39. The molecule has 88 valence electrons. The quantitative estimate of drug-likeness (QED) is 0.793. The van der Waals surface area contributed by atoms with Gasteiger partial charge in [-0.25, -0.2) is 14.8 Å². The zero-order valence-corrected chi connectivity index (χ0v) is 9.09. The van der Waals surface area contributed by atoms with Crippen molar-refractivity contribution in [2.24, 2.45) is 5.41 Å². The second-order valence-electron chi connectivity index (χ2n) is 4.81. The summed E-state index contributed by atoms with van der Waals surface area (Å²) in [7, 11) is 0. The summed E-state index contributed by atoms with van der Waals surface area (Å²) in [6.07, 6.45) is 2.57. The van der Waals surface area contributed by atoms with Crippen molar-refractivity contribution in [2.75, 3.05) is 18.0 Å². The number of carbonyl (C=O) groups is 2. The van der Waals surface area contributed by atoms with E-state index >= 15 is 0 Å². The van der Waals surface area contributed by atoms with Crippen LogP contribution in [0.1, 0.15) is 23.3 Å². The van der Waals surface area contributed by atoms with Gasteiger partial charge in [-0.15, -0.1) is 0 Å². The van der Waals surface area contributed by atoms with Gasteiger partial charge in [-0.1, -0.05) is 0 Å². The second-order valence-corrected chi connectivity index (χ2v) is 4.81. The molecule has 1 N–H and O–H groups in total. The Bertz CT molecular complexity index is 498. The van der Waals surface area contributed by atoms with Crippen molar-refractivity contribution in [1.29, 1.82) is 0 Å². The molecule has 1 aliphatic carbocycles. The zero-order chi connectivity index (χ0) is 12.0. The van der Waals surface area contributed by atoms with Crippen LogP contribution in [0.15, 0.2) is 12.4 Å². The molecule has 1 aromatic rings. The molecule has 1 spiro atoms. The summed E-state index contributed by atoms with van der Waals surface area (Å²) in [4.78, 5) is 31.4. The smallest absolute Gasteiger partial charge is 0.354 e. The van der Waals surface area contributed by atoms with Crippen molar-refractivity contribution in [3.8, 4) is 0 Å². The number of hydrogen-bond donors (Lipinski definition) is 1. The first-order valence-electron chi connectivity index (χ1n) is 5.40. The molecule has 0 amide bonds. The summed E-state index contributed by atoms with van der Waals surface area (Å²) >= 11 is 0. The third kappa shape index (κ3) is 1.56. The molecule has 0 aromatic carbocycles. The molecule has 6 nitrogen and oxygen atoms in total. The van der Waals surface area contributed by atoms with E-state index in [0.29, 0.717) is 24.4 Å². The molecule has 0 unspecified atom stereocenters. The summed E-state index contributed by atoms with van der Waals surface area (Å²) in [5.74, 6) is -0.108. The van der Waals surface area contributed by atoms with Crippen molar-refractivity contribution >= 4 is 17.6 Å². The van der Waals surface area contributed by atoms with E-state index in [4.69, 9.17) is 5.11 Å². The lowest BCUT2D eigenvalue weighted by Crippen LogP contribution is -2.63. The SMILES string of the molecule is O=C1CC2(C1)CN(c1cc(C(=O)O)ncn1)C2. The highest BCUT2D eigenvalue weighted by Gasteiger charge is 2.52. The number of carboxylic acid groups (broad SMARTS) is 1. The Morgan fingerprint density at radius 2 is 2.06 bits per heavy atom. The van der Waals surface area contributed by atoms with Crippen LogP contribution in [-0.4, -0.2) is 39.9 Å². The van der Waals surface area contributed by atoms with Gasteiger partial charge in [-0.05, 0) is 0 Å². The Morgan fingerprint density at radius 3 is 2.65 bits per heavy atom. The van der Waals surface area contributed by atoms with Crippen molar-refractivity contribution in [1.82, 2.24) is 9.97 Å². The Hall–Kier alpha value is -1.98. The van der Waals surface area contributed by atoms with E-state index in [1.807, 2.05) is 4.90 Å². The van der Waals surface area contributed by atoms with Gasteiger partial charge in [-0.3, -0.25) is 4.79 Å². The van der Waals surface area contributed by atoms with Gasteiger partial charge in [0, 0.05) is 37.4 Å². The van der Waals surface area contributed by atoms with E-state index in [0.717, 1.165) is 13.1 Å². The van der Waals surface area contributed by atoms with E-state index < -0.39 is 5.97 Å². The standard InChI is InChI=1S/C11H11N3O3/c15-7-2-11(3-7)4-14(5-11)9-1-8(10(16)17)12-6-13-9/h1,6H,2-5H2,(H,16,17). The Kier molecular flexibility index (Phi) is 1.95. The predicted octanol–water partition coefficient (Wildman–Crippen LogP) is 0.344. The fourth-order valence-corrected chi connectivity index (χ4v) is 2.57. The van der Waals surface area contributed by atoms with Gasteiger partial charge in [0.25, 0.3) is 0 Å². The first-order chi connectivity index (χ1) is 8.08. The average molecular weight is 233 g/mol. The molecule has 2 heterocycles. The number of Topliss-reactive ketones (excluding diaryl/α,β-unsaturated/α-hetero) is 1. The zero-order valence-electron chi connectivity index (χ0n) is 9.09. The monoisotopic (exact) mass is 233 g/mol. The minimum Gasteiger partial charge on any atom is -0.477 e. The van der Waals surface area contributed by atoms with Gasteiger partial charge in [0.1, 0.15) is 17.9 Å². The number of aromatic nitrogens is 2. The minimum atomic E-state index is -1.05. The molecule has 2 aliphatic rings. The number of rotatable bonds is 2.